The number of nitrogens with zero attached hydrogens (tertiary/aromatic N) is 4. The van der Waals surface area contributed by atoms with Crippen molar-refractivity contribution >= 4 is 29.3 Å². The number of halogens is 3. The topological polar surface area (TPSA) is 139 Å². The lowest BCUT2D eigenvalue weighted by Gasteiger charge is -2.32. The molecular weight excluding hydrogens is 517 g/mol. The van der Waals surface area contributed by atoms with Crippen LogP contribution in [0.2, 0.25) is 0 Å². The van der Waals surface area contributed by atoms with Crippen molar-refractivity contribution in [1.82, 2.24) is 9.97 Å². The number of oxazole rings is 1. The maximum absolute atomic E-state index is 13.6. The van der Waals surface area contributed by atoms with Crippen LogP contribution in [-0.4, -0.2) is 52.8 Å². The first-order valence-electron chi connectivity index (χ1n) is 12.0. The number of β-amino-alcohol motifs (C(OH)–C–C–N with tert-alkyl or cyclic N) is 1. The van der Waals surface area contributed by atoms with E-state index in [0.29, 0.717) is 26.0 Å². The predicted molar refractivity (Wildman–Crippen MR) is 136 cm³/mol. The number of aliphatic imine (C=N–C) groups is 1. The van der Waals surface area contributed by atoms with Crippen LogP contribution in [0.1, 0.15) is 47.1 Å². The molecule has 1 amide bonds. The van der Waals surface area contributed by atoms with Gasteiger partial charge in [0.05, 0.1) is 24.5 Å². The second-order valence-corrected chi connectivity index (χ2v) is 8.53. The maximum atomic E-state index is 13.6. The SMILES string of the molecule is CCOC(N)=Nc1ncc(C#Cc2cc(NC(=O)c3cc(N4CCC[C@H](O)C4)cc(C(F)(F)F)c3)ccn2)o1. The number of anilines is 2. The van der Waals surface area contributed by atoms with E-state index < -0.39 is 23.8 Å². The number of nitrogens with two attached hydrogens (primary N) is 1. The highest BCUT2D eigenvalue weighted by atomic mass is 19.4. The second kappa shape index (κ2) is 11.9. The third kappa shape index (κ3) is 7.48. The first-order chi connectivity index (χ1) is 18.6. The third-order valence-corrected chi connectivity index (χ3v) is 5.59. The lowest BCUT2D eigenvalue weighted by Crippen LogP contribution is -2.38. The molecule has 10 nitrogen and oxygen atoms in total. The molecule has 1 aliphatic heterocycles. The number of aromatic nitrogens is 2. The molecule has 2 aromatic heterocycles. The van der Waals surface area contributed by atoms with Gasteiger partial charge in [-0.15, -0.1) is 4.99 Å². The second-order valence-electron chi connectivity index (χ2n) is 8.53. The van der Waals surface area contributed by atoms with Gasteiger partial charge in [0.1, 0.15) is 5.69 Å². The summed E-state index contributed by atoms with van der Waals surface area (Å²) in [6, 6.07) is 5.96. The number of carbonyl (C=O) groups excluding carboxylic acids is 1. The van der Waals surface area contributed by atoms with Gasteiger partial charge in [-0.1, -0.05) is 0 Å². The minimum Gasteiger partial charge on any atom is -0.465 e. The number of pyridine rings is 1. The molecule has 4 N–H and O–H groups in total. The number of amidine groups is 1. The summed E-state index contributed by atoms with van der Waals surface area (Å²) in [6.07, 6.45) is -1.37. The quantitative estimate of drug-likeness (QED) is 0.252. The zero-order chi connectivity index (χ0) is 28.0. The van der Waals surface area contributed by atoms with Crippen LogP contribution in [0.4, 0.5) is 30.6 Å². The van der Waals surface area contributed by atoms with Gasteiger partial charge in [-0.05, 0) is 61.9 Å². The molecule has 1 aliphatic rings. The van der Waals surface area contributed by atoms with Gasteiger partial charge in [-0.25, -0.2) is 4.98 Å². The zero-order valence-corrected chi connectivity index (χ0v) is 20.8. The summed E-state index contributed by atoms with van der Waals surface area (Å²) in [5.74, 6) is 4.90. The van der Waals surface area contributed by atoms with E-state index in [1.165, 1.54) is 30.6 Å². The van der Waals surface area contributed by atoms with Gasteiger partial charge in [0.25, 0.3) is 11.9 Å². The summed E-state index contributed by atoms with van der Waals surface area (Å²) in [5, 5.41) is 12.5. The Kier molecular flexibility index (Phi) is 8.36. The normalized spacial score (nSPS) is 15.9. The number of benzene rings is 1. The Hall–Kier alpha value is -4.57. The number of carbonyl (C=O) groups is 1. The molecule has 39 heavy (non-hydrogen) atoms. The van der Waals surface area contributed by atoms with Gasteiger partial charge >= 0.3 is 12.2 Å². The monoisotopic (exact) mass is 542 g/mol. The Labute approximate surface area is 221 Å². The van der Waals surface area contributed by atoms with E-state index >= 15 is 0 Å². The van der Waals surface area contributed by atoms with E-state index in [1.807, 2.05) is 0 Å². The number of piperidine rings is 1. The number of hydrogen-bond donors (Lipinski definition) is 3. The first kappa shape index (κ1) is 27.5. The minimum absolute atomic E-state index is 0.0428. The first-order valence-corrected chi connectivity index (χ1v) is 12.0. The van der Waals surface area contributed by atoms with Gasteiger partial charge in [0, 0.05) is 36.2 Å². The molecule has 0 bridgehead atoms. The smallest absolute Gasteiger partial charge is 0.416 e. The lowest BCUT2D eigenvalue weighted by atomic mass is 10.0. The van der Waals surface area contributed by atoms with Crippen molar-refractivity contribution in [3.63, 3.8) is 0 Å². The summed E-state index contributed by atoms with van der Waals surface area (Å²) in [6.45, 7) is 2.74. The molecule has 1 atom stereocenters. The van der Waals surface area contributed by atoms with Gasteiger partial charge in [0.2, 0.25) is 0 Å². The van der Waals surface area contributed by atoms with Gasteiger partial charge in [-0.2, -0.15) is 18.2 Å². The Morgan fingerprint density at radius 3 is 2.87 bits per heavy atom. The van der Waals surface area contributed by atoms with Crippen molar-refractivity contribution in [3.05, 3.63) is 65.3 Å². The summed E-state index contributed by atoms with van der Waals surface area (Å²) >= 11 is 0. The maximum Gasteiger partial charge on any atom is 0.416 e. The van der Waals surface area contributed by atoms with E-state index in [9.17, 15) is 23.1 Å². The fourth-order valence-corrected chi connectivity index (χ4v) is 3.83. The number of aliphatic hydroxyl groups is 1. The fraction of sp³-hybridized carbons (Fsp3) is 0.308. The Morgan fingerprint density at radius 2 is 2.13 bits per heavy atom. The van der Waals surface area contributed by atoms with Crippen LogP contribution in [0.25, 0.3) is 0 Å². The summed E-state index contributed by atoms with van der Waals surface area (Å²) in [4.78, 5) is 26.5. The molecule has 0 radical (unpaired) electrons. The Balaban J connectivity index is 1.52. The molecule has 0 aliphatic carbocycles. The summed E-state index contributed by atoms with van der Waals surface area (Å²) in [7, 11) is 0. The van der Waals surface area contributed by atoms with Crippen molar-refractivity contribution in [2.24, 2.45) is 10.7 Å². The Morgan fingerprint density at radius 1 is 1.31 bits per heavy atom. The fourth-order valence-electron chi connectivity index (χ4n) is 3.83. The van der Waals surface area contributed by atoms with Gasteiger partial charge < -0.3 is 30.2 Å². The zero-order valence-electron chi connectivity index (χ0n) is 20.8. The van der Waals surface area contributed by atoms with Crippen LogP contribution in [0.3, 0.4) is 0 Å². The molecule has 4 rings (SSSR count). The third-order valence-electron chi connectivity index (χ3n) is 5.59. The molecule has 3 heterocycles. The number of aliphatic hydroxyl groups excluding tert-OH is 1. The molecule has 1 fully saturated rings. The molecule has 0 spiro atoms. The predicted octanol–water partition coefficient (Wildman–Crippen LogP) is 3.68. The minimum atomic E-state index is -4.65. The standard InChI is InChI=1S/C26H25F3N6O4/c1-2-38-24(30)34-25-32-14-22(39-25)6-5-18-13-19(7-8-31-18)33-23(37)16-10-17(26(27,28)29)12-20(11-16)35-9-3-4-21(36)15-35/h7-8,10-14,21,36H,2-4,9,15H2,1H3,(H2,30,32,34)(H,31,33,37)/t21-/m0/s1. The molecule has 3 aromatic rings. The number of rotatable bonds is 5. The number of amides is 1. The van der Waals surface area contributed by atoms with Crippen molar-refractivity contribution < 1.29 is 32.2 Å². The molecule has 204 valence electrons. The van der Waals surface area contributed by atoms with Crippen LogP contribution in [-0.2, 0) is 10.9 Å². The van der Waals surface area contributed by atoms with Crippen molar-refractivity contribution in [2.75, 3.05) is 29.9 Å². The molecule has 1 saturated heterocycles. The van der Waals surface area contributed by atoms with Crippen molar-refractivity contribution in [2.45, 2.75) is 32.0 Å². The van der Waals surface area contributed by atoms with Crippen molar-refractivity contribution in [3.8, 4) is 11.8 Å². The lowest BCUT2D eigenvalue weighted by molar-refractivity contribution is -0.137. The average molecular weight is 543 g/mol. The van der Waals surface area contributed by atoms with E-state index in [-0.39, 0.29) is 47.0 Å². The van der Waals surface area contributed by atoms with Crippen LogP contribution in [0.5, 0.6) is 0 Å². The number of hydrogen-bond acceptors (Lipinski definition) is 8. The van der Waals surface area contributed by atoms with E-state index in [0.717, 1.165) is 12.1 Å². The molecule has 1 aromatic carbocycles. The van der Waals surface area contributed by atoms with E-state index in [1.54, 1.807) is 11.8 Å². The molecule has 0 unspecified atom stereocenters. The van der Waals surface area contributed by atoms with E-state index in [4.69, 9.17) is 14.9 Å². The van der Waals surface area contributed by atoms with Crippen LogP contribution in [0.15, 0.2) is 52.1 Å². The molecule has 13 heteroatoms. The highest BCUT2D eigenvalue weighted by molar-refractivity contribution is 6.05. The van der Waals surface area contributed by atoms with Crippen LogP contribution >= 0.6 is 0 Å². The Bertz CT molecular complexity index is 1430. The van der Waals surface area contributed by atoms with E-state index in [2.05, 4.69) is 32.1 Å². The highest BCUT2D eigenvalue weighted by Crippen LogP contribution is 2.34. The van der Waals surface area contributed by atoms with Gasteiger partial charge in [-0.3, -0.25) is 4.79 Å². The van der Waals surface area contributed by atoms with Crippen molar-refractivity contribution in [1.29, 1.82) is 0 Å². The molecular formula is C26H25F3N6O4. The number of nitrogens with one attached hydrogen (secondary N) is 1. The van der Waals surface area contributed by atoms with Gasteiger partial charge in [0.15, 0.2) is 5.76 Å². The molecule has 0 saturated carbocycles. The average Bonchev–Trinajstić information content (AvgIpc) is 3.34. The summed E-state index contributed by atoms with van der Waals surface area (Å²) in [5.41, 5.74) is 5.17. The van der Waals surface area contributed by atoms with Crippen LogP contribution < -0.4 is 16.0 Å². The number of alkyl halides is 3. The highest BCUT2D eigenvalue weighted by Gasteiger charge is 2.33. The summed E-state index contributed by atoms with van der Waals surface area (Å²) < 4.78 is 51.2. The largest absolute Gasteiger partial charge is 0.465 e. The van der Waals surface area contributed by atoms with Crippen LogP contribution in [0, 0.1) is 11.8 Å². The number of ether oxygens (including phenoxy) is 1.